The van der Waals surface area contributed by atoms with Crippen molar-refractivity contribution < 1.29 is 0 Å². The third-order valence-corrected chi connectivity index (χ3v) is 4.50. The van der Waals surface area contributed by atoms with Gasteiger partial charge in [0, 0.05) is 28.6 Å². The summed E-state index contributed by atoms with van der Waals surface area (Å²) in [6.45, 7) is 0. The van der Waals surface area contributed by atoms with Crippen LogP contribution in [0, 0.1) is 0 Å². The molecular weight excluding hydrogens is 280 g/mol. The average molecular weight is 298 g/mol. The molecule has 0 saturated heterocycles. The third-order valence-electron chi connectivity index (χ3n) is 4.50. The summed E-state index contributed by atoms with van der Waals surface area (Å²) in [4.78, 5) is 0. The van der Waals surface area contributed by atoms with E-state index in [-0.39, 0.29) is 0 Å². The smallest absolute Gasteiger partial charge is 0.0429 e. The molecule has 2 nitrogen and oxygen atoms in total. The second-order valence-corrected chi connectivity index (χ2v) is 5.90. The Kier molecular flexibility index (Phi) is 3.16. The maximum absolute atomic E-state index is 6.39. The minimum Gasteiger partial charge on any atom is -0.398 e. The second kappa shape index (κ2) is 5.33. The molecule has 23 heavy (non-hydrogen) atoms. The van der Waals surface area contributed by atoms with E-state index in [1.54, 1.807) is 0 Å². The van der Waals surface area contributed by atoms with Crippen molar-refractivity contribution in [1.82, 2.24) is 0 Å². The molecule has 2 heteroatoms. The Morgan fingerprint density at radius 2 is 0.957 bits per heavy atom. The maximum Gasteiger partial charge on any atom is 0.0429 e. The highest BCUT2D eigenvalue weighted by Gasteiger charge is 2.09. The number of hydrogen-bond acceptors (Lipinski definition) is 2. The number of hydrogen-bond donors (Lipinski definition) is 2. The van der Waals surface area contributed by atoms with Gasteiger partial charge in [-0.25, -0.2) is 0 Å². The van der Waals surface area contributed by atoms with Crippen LogP contribution in [0.2, 0.25) is 0 Å². The van der Waals surface area contributed by atoms with Gasteiger partial charge >= 0.3 is 0 Å². The molecule has 0 fully saturated rings. The highest BCUT2D eigenvalue weighted by atomic mass is 14.6. The molecule has 4 aromatic carbocycles. The summed E-state index contributed by atoms with van der Waals surface area (Å²) in [5.74, 6) is 0. The Labute approximate surface area is 135 Å². The molecule has 0 aromatic heterocycles. The largest absolute Gasteiger partial charge is 0.398 e. The predicted octanol–water partition coefficient (Wildman–Crippen LogP) is 4.75. The lowest BCUT2D eigenvalue weighted by Crippen LogP contribution is -2.00. The van der Waals surface area contributed by atoms with Crippen LogP contribution in [0.3, 0.4) is 0 Å². The van der Waals surface area contributed by atoms with Crippen LogP contribution in [-0.2, 0) is 6.42 Å². The topological polar surface area (TPSA) is 52.0 Å². The molecule has 0 bridgehead atoms. The molecule has 0 aliphatic carbocycles. The van der Waals surface area contributed by atoms with Gasteiger partial charge in [-0.2, -0.15) is 0 Å². The van der Waals surface area contributed by atoms with Crippen LogP contribution < -0.4 is 11.5 Å². The van der Waals surface area contributed by atoms with Crippen LogP contribution in [0.15, 0.2) is 72.8 Å². The van der Waals surface area contributed by atoms with Crippen molar-refractivity contribution in [3.8, 4) is 0 Å². The molecule has 0 aliphatic heterocycles. The van der Waals surface area contributed by atoms with Gasteiger partial charge in [-0.3, -0.25) is 0 Å². The Morgan fingerprint density at radius 3 is 1.43 bits per heavy atom. The molecule has 112 valence electrons. The van der Waals surface area contributed by atoms with Crippen molar-refractivity contribution in [3.05, 3.63) is 83.9 Å². The van der Waals surface area contributed by atoms with E-state index in [1.165, 1.54) is 10.8 Å². The van der Waals surface area contributed by atoms with Crippen LogP contribution in [-0.4, -0.2) is 0 Å². The maximum atomic E-state index is 6.39. The molecule has 0 saturated carbocycles. The molecular formula is C21H18N2. The molecule has 0 spiro atoms. The summed E-state index contributed by atoms with van der Waals surface area (Å²) in [6.07, 6.45) is 0.743. The van der Waals surface area contributed by atoms with E-state index < -0.39 is 0 Å². The van der Waals surface area contributed by atoms with E-state index in [9.17, 15) is 0 Å². The van der Waals surface area contributed by atoms with Gasteiger partial charge in [0.05, 0.1) is 0 Å². The minimum absolute atomic E-state index is 0.743. The fourth-order valence-electron chi connectivity index (χ4n) is 3.19. The van der Waals surface area contributed by atoms with E-state index >= 15 is 0 Å². The van der Waals surface area contributed by atoms with Crippen molar-refractivity contribution >= 4 is 32.9 Å². The van der Waals surface area contributed by atoms with Gasteiger partial charge in [0.2, 0.25) is 0 Å². The summed E-state index contributed by atoms with van der Waals surface area (Å²) in [5.41, 5.74) is 16.7. The second-order valence-electron chi connectivity index (χ2n) is 5.90. The number of anilines is 2. The van der Waals surface area contributed by atoms with Gasteiger partial charge in [0.15, 0.2) is 0 Å². The Bertz CT molecular complexity index is 935. The molecule has 0 heterocycles. The van der Waals surface area contributed by atoms with Gasteiger partial charge in [-0.15, -0.1) is 0 Å². The molecule has 0 unspecified atom stereocenters. The summed E-state index contributed by atoms with van der Waals surface area (Å²) >= 11 is 0. The van der Waals surface area contributed by atoms with E-state index in [0.29, 0.717) is 0 Å². The van der Waals surface area contributed by atoms with Crippen molar-refractivity contribution in [2.24, 2.45) is 0 Å². The highest BCUT2D eigenvalue weighted by molar-refractivity contribution is 5.96. The van der Waals surface area contributed by atoms with E-state index in [2.05, 4.69) is 48.5 Å². The van der Waals surface area contributed by atoms with Crippen LogP contribution in [0.5, 0.6) is 0 Å². The number of rotatable bonds is 2. The predicted molar refractivity (Wildman–Crippen MR) is 99.5 cm³/mol. The number of nitrogen functional groups attached to an aromatic ring is 2. The molecule has 0 aliphatic rings. The number of nitrogens with two attached hydrogens (primary N) is 2. The number of fused-ring (bicyclic) bond motifs is 2. The quantitative estimate of drug-likeness (QED) is 0.525. The van der Waals surface area contributed by atoms with Crippen molar-refractivity contribution in [1.29, 1.82) is 0 Å². The van der Waals surface area contributed by atoms with Gasteiger partial charge in [-0.1, -0.05) is 72.8 Å². The first-order valence-electron chi connectivity index (χ1n) is 7.76. The Balaban J connectivity index is 1.82. The van der Waals surface area contributed by atoms with Gasteiger partial charge in [0.1, 0.15) is 0 Å². The van der Waals surface area contributed by atoms with Crippen LogP contribution in [0.1, 0.15) is 11.1 Å². The standard InChI is InChI=1S/C21H18N2/c22-20-16(11-9-14-5-1-3-7-18(14)20)13-17-12-10-15-6-2-4-8-19(15)21(17)23/h1-12H,13,22-23H2. The molecule has 4 rings (SSSR count). The fourth-order valence-corrected chi connectivity index (χ4v) is 3.19. The first kappa shape index (κ1) is 13.6. The molecule has 4 N–H and O–H groups in total. The Hall–Kier alpha value is -3.00. The lowest BCUT2D eigenvalue weighted by Gasteiger charge is -2.12. The number of benzene rings is 4. The lowest BCUT2D eigenvalue weighted by atomic mass is 9.96. The van der Waals surface area contributed by atoms with Crippen LogP contribution in [0.4, 0.5) is 11.4 Å². The van der Waals surface area contributed by atoms with Gasteiger partial charge in [0.25, 0.3) is 0 Å². The lowest BCUT2D eigenvalue weighted by molar-refractivity contribution is 1.21. The van der Waals surface area contributed by atoms with E-state index in [0.717, 1.165) is 39.7 Å². The monoisotopic (exact) mass is 298 g/mol. The highest BCUT2D eigenvalue weighted by Crippen LogP contribution is 2.30. The normalized spacial score (nSPS) is 11.1. The van der Waals surface area contributed by atoms with Gasteiger partial charge in [-0.05, 0) is 21.9 Å². The first-order valence-corrected chi connectivity index (χ1v) is 7.76. The molecule has 0 amide bonds. The summed E-state index contributed by atoms with van der Waals surface area (Å²) in [7, 11) is 0. The van der Waals surface area contributed by atoms with Crippen LogP contribution >= 0.6 is 0 Å². The molecule has 4 aromatic rings. The Morgan fingerprint density at radius 1 is 0.522 bits per heavy atom. The van der Waals surface area contributed by atoms with Crippen molar-refractivity contribution in [2.75, 3.05) is 11.5 Å². The zero-order valence-corrected chi connectivity index (χ0v) is 12.8. The average Bonchev–Trinajstić information content (AvgIpc) is 2.60. The zero-order valence-electron chi connectivity index (χ0n) is 12.8. The SMILES string of the molecule is Nc1c(Cc2ccc3ccccc3c2N)ccc2ccccc12. The summed E-state index contributed by atoms with van der Waals surface area (Å²) in [5, 5.41) is 4.54. The van der Waals surface area contributed by atoms with Gasteiger partial charge < -0.3 is 11.5 Å². The van der Waals surface area contributed by atoms with E-state index in [1.807, 2.05) is 24.3 Å². The van der Waals surface area contributed by atoms with Crippen molar-refractivity contribution in [3.63, 3.8) is 0 Å². The summed E-state index contributed by atoms with van der Waals surface area (Å²) in [6, 6.07) is 24.9. The van der Waals surface area contributed by atoms with Crippen LogP contribution in [0.25, 0.3) is 21.5 Å². The zero-order chi connectivity index (χ0) is 15.8. The summed E-state index contributed by atoms with van der Waals surface area (Å²) < 4.78 is 0. The van der Waals surface area contributed by atoms with E-state index in [4.69, 9.17) is 11.5 Å². The first-order chi connectivity index (χ1) is 11.2. The fraction of sp³-hybridized carbons (Fsp3) is 0.0476. The third kappa shape index (κ3) is 2.29. The minimum atomic E-state index is 0.743. The molecule has 0 radical (unpaired) electrons. The molecule has 0 atom stereocenters. The van der Waals surface area contributed by atoms with Crippen molar-refractivity contribution in [2.45, 2.75) is 6.42 Å².